The lowest BCUT2D eigenvalue weighted by Gasteiger charge is -2.50. The lowest BCUT2D eigenvalue weighted by Crippen LogP contribution is -2.58. The van der Waals surface area contributed by atoms with Gasteiger partial charge in [0, 0.05) is 31.7 Å². The molecule has 1 spiro atoms. The third-order valence-electron chi connectivity index (χ3n) is 7.12. The summed E-state index contributed by atoms with van der Waals surface area (Å²) < 4.78 is 7.70. The largest absolute Gasteiger partial charge is 0.497 e. The van der Waals surface area contributed by atoms with Crippen molar-refractivity contribution in [3.05, 3.63) is 72.2 Å². The third kappa shape index (κ3) is 3.39. The Kier molecular flexibility index (Phi) is 5.47. The summed E-state index contributed by atoms with van der Waals surface area (Å²) in [4.78, 5) is 22.7. The standard InChI is InChI=1S/C26H30N4O2/c1-3-29-16-17-30-23(20-8-5-4-6-9-20)19-27-25(30)26(29)12-14-28(15-13-26)24(31)21-10-7-11-22(18-21)32-2/h4-11,18-19H,3,12-17H2,1-2H3. The van der Waals surface area contributed by atoms with E-state index in [0.29, 0.717) is 11.3 Å². The van der Waals surface area contributed by atoms with Crippen molar-refractivity contribution >= 4 is 5.91 Å². The Balaban J connectivity index is 1.42. The monoisotopic (exact) mass is 430 g/mol. The minimum Gasteiger partial charge on any atom is -0.497 e. The second-order valence-corrected chi connectivity index (χ2v) is 8.62. The Morgan fingerprint density at radius 1 is 1.03 bits per heavy atom. The van der Waals surface area contributed by atoms with Crippen molar-refractivity contribution in [1.82, 2.24) is 19.4 Å². The van der Waals surface area contributed by atoms with E-state index in [-0.39, 0.29) is 11.4 Å². The molecule has 2 aliphatic rings. The minimum atomic E-state index is -0.120. The van der Waals surface area contributed by atoms with E-state index in [1.54, 1.807) is 7.11 Å². The quantitative estimate of drug-likeness (QED) is 0.627. The lowest BCUT2D eigenvalue weighted by atomic mass is 9.83. The molecule has 1 amide bonds. The molecular weight excluding hydrogens is 400 g/mol. The Labute approximate surface area is 189 Å². The molecule has 6 heteroatoms. The van der Waals surface area contributed by atoms with Crippen LogP contribution in [0, 0.1) is 0 Å². The number of likely N-dealkylation sites (tertiary alicyclic amines) is 1. The highest BCUT2D eigenvalue weighted by Gasteiger charge is 2.47. The summed E-state index contributed by atoms with van der Waals surface area (Å²) in [5.74, 6) is 1.94. The summed E-state index contributed by atoms with van der Waals surface area (Å²) in [6, 6.07) is 17.9. The number of amides is 1. The first-order valence-electron chi connectivity index (χ1n) is 11.5. The van der Waals surface area contributed by atoms with E-state index in [1.165, 1.54) is 11.3 Å². The van der Waals surface area contributed by atoms with Crippen LogP contribution in [0.5, 0.6) is 5.75 Å². The van der Waals surface area contributed by atoms with E-state index in [4.69, 9.17) is 9.72 Å². The zero-order valence-electron chi connectivity index (χ0n) is 18.8. The number of hydrogen-bond donors (Lipinski definition) is 0. The fourth-order valence-electron chi connectivity index (χ4n) is 5.41. The van der Waals surface area contributed by atoms with Crippen molar-refractivity contribution in [3.8, 4) is 17.0 Å². The molecule has 0 N–H and O–H groups in total. The number of rotatable bonds is 4. The van der Waals surface area contributed by atoms with Gasteiger partial charge in [-0.1, -0.05) is 43.3 Å². The van der Waals surface area contributed by atoms with Crippen LogP contribution in [-0.2, 0) is 12.1 Å². The normalized spacial score (nSPS) is 17.9. The molecule has 1 aromatic heterocycles. The zero-order valence-corrected chi connectivity index (χ0v) is 18.8. The van der Waals surface area contributed by atoms with Crippen molar-refractivity contribution in [2.75, 3.05) is 33.3 Å². The molecule has 6 nitrogen and oxygen atoms in total. The molecule has 32 heavy (non-hydrogen) atoms. The highest BCUT2D eigenvalue weighted by Crippen LogP contribution is 2.42. The van der Waals surface area contributed by atoms with Crippen LogP contribution in [0.4, 0.5) is 0 Å². The first kappa shape index (κ1) is 20.8. The molecule has 0 aliphatic carbocycles. The van der Waals surface area contributed by atoms with Gasteiger partial charge in [0.25, 0.3) is 5.91 Å². The number of nitrogens with zero attached hydrogens (tertiary/aromatic N) is 4. The zero-order chi connectivity index (χ0) is 22.1. The van der Waals surface area contributed by atoms with Crippen LogP contribution in [0.25, 0.3) is 11.3 Å². The number of piperidine rings is 1. The topological polar surface area (TPSA) is 50.6 Å². The molecule has 1 fully saturated rings. The van der Waals surface area contributed by atoms with Crippen molar-refractivity contribution < 1.29 is 9.53 Å². The van der Waals surface area contributed by atoms with Gasteiger partial charge in [-0.25, -0.2) is 4.98 Å². The Bertz CT molecular complexity index is 1100. The van der Waals surface area contributed by atoms with Crippen molar-refractivity contribution in [2.45, 2.75) is 31.8 Å². The number of carbonyl (C=O) groups is 1. The number of methoxy groups -OCH3 is 1. The predicted octanol–water partition coefficient (Wildman–Crippen LogP) is 4.03. The van der Waals surface area contributed by atoms with Gasteiger partial charge in [-0.05, 0) is 43.1 Å². The lowest BCUT2D eigenvalue weighted by molar-refractivity contribution is -0.00313. The molecule has 2 aliphatic heterocycles. The van der Waals surface area contributed by atoms with E-state index in [9.17, 15) is 4.79 Å². The second kappa shape index (κ2) is 8.43. The first-order chi connectivity index (χ1) is 15.7. The maximum absolute atomic E-state index is 13.2. The van der Waals surface area contributed by atoms with Crippen LogP contribution in [0.2, 0.25) is 0 Å². The number of fused-ring (bicyclic) bond motifs is 2. The summed E-state index contributed by atoms with van der Waals surface area (Å²) in [7, 11) is 1.63. The molecule has 0 saturated carbocycles. The number of imidazole rings is 1. The minimum absolute atomic E-state index is 0.0749. The molecule has 0 bridgehead atoms. The molecule has 166 valence electrons. The number of hydrogen-bond acceptors (Lipinski definition) is 4. The Morgan fingerprint density at radius 2 is 1.81 bits per heavy atom. The van der Waals surface area contributed by atoms with Crippen LogP contribution in [0.1, 0.15) is 35.9 Å². The van der Waals surface area contributed by atoms with Gasteiger partial charge >= 0.3 is 0 Å². The fraction of sp³-hybridized carbons (Fsp3) is 0.385. The second-order valence-electron chi connectivity index (χ2n) is 8.62. The summed E-state index contributed by atoms with van der Waals surface area (Å²) in [5.41, 5.74) is 2.96. The van der Waals surface area contributed by atoms with Gasteiger partial charge in [0.15, 0.2) is 0 Å². The number of likely N-dealkylation sites (N-methyl/N-ethyl adjacent to an activating group) is 1. The van der Waals surface area contributed by atoms with Crippen molar-refractivity contribution in [3.63, 3.8) is 0 Å². The van der Waals surface area contributed by atoms with E-state index in [0.717, 1.165) is 51.4 Å². The molecule has 0 atom stereocenters. The number of benzene rings is 2. The van der Waals surface area contributed by atoms with Gasteiger partial charge < -0.3 is 14.2 Å². The van der Waals surface area contributed by atoms with Gasteiger partial charge in [-0.15, -0.1) is 0 Å². The van der Waals surface area contributed by atoms with Gasteiger partial charge in [0.1, 0.15) is 11.6 Å². The molecule has 2 aromatic carbocycles. The van der Waals surface area contributed by atoms with Crippen LogP contribution >= 0.6 is 0 Å². The van der Waals surface area contributed by atoms with Crippen LogP contribution in [0.15, 0.2) is 60.8 Å². The summed E-state index contributed by atoms with van der Waals surface area (Å²) in [6.07, 6.45) is 3.81. The SMILES string of the molecule is CCN1CCn2c(-c3ccccc3)cnc2C12CCN(C(=O)c1cccc(OC)c1)CC2. The van der Waals surface area contributed by atoms with E-state index in [2.05, 4.69) is 40.7 Å². The fourth-order valence-corrected chi connectivity index (χ4v) is 5.41. The number of carbonyl (C=O) groups excluding carboxylic acids is 1. The van der Waals surface area contributed by atoms with E-state index < -0.39 is 0 Å². The first-order valence-corrected chi connectivity index (χ1v) is 11.5. The average molecular weight is 431 g/mol. The highest BCUT2D eigenvalue weighted by molar-refractivity contribution is 5.94. The van der Waals surface area contributed by atoms with Gasteiger partial charge in [-0.3, -0.25) is 9.69 Å². The van der Waals surface area contributed by atoms with Crippen molar-refractivity contribution in [1.29, 1.82) is 0 Å². The molecular formula is C26H30N4O2. The maximum atomic E-state index is 13.2. The van der Waals surface area contributed by atoms with E-state index in [1.807, 2.05) is 41.4 Å². The van der Waals surface area contributed by atoms with Gasteiger partial charge in [-0.2, -0.15) is 0 Å². The smallest absolute Gasteiger partial charge is 0.253 e. The maximum Gasteiger partial charge on any atom is 0.253 e. The third-order valence-corrected chi connectivity index (χ3v) is 7.12. The number of ether oxygens (including phenoxy) is 1. The molecule has 0 radical (unpaired) electrons. The summed E-state index contributed by atoms with van der Waals surface area (Å²) in [6.45, 7) is 6.61. The van der Waals surface area contributed by atoms with Crippen LogP contribution < -0.4 is 4.74 Å². The van der Waals surface area contributed by atoms with E-state index >= 15 is 0 Å². The molecule has 1 saturated heterocycles. The number of aromatic nitrogens is 2. The molecule has 3 heterocycles. The average Bonchev–Trinajstić information content (AvgIpc) is 3.30. The Hall–Kier alpha value is -3.12. The molecule has 5 rings (SSSR count). The Morgan fingerprint density at radius 3 is 2.53 bits per heavy atom. The highest BCUT2D eigenvalue weighted by atomic mass is 16.5. The van der Waals surface area contributed by atoms with Crippen LogP contribution in [-0.4, -0.2) is 58.5 Å². The predicted molar refractivity (Wildman–Crippen MR) is 125 cm³/mol. The van der Waals surface area contributed by atoms with Crippen LogP contribution in [0.3, 0.4) is 0 Å². The van der Waals surface area contributed by atoms with Gasteiger partial charge in [0.2, 0.25) is 0 Å². The van der Waals surface area contributed by atoms with Gasteiger partial charge in [0.05, 0.1) is 24.5 Å². The molecule has 3 aromatic rings. The molecule has 0 unspecified atom stereocenters. The summed E-state index contributed by atoms with van der Waals surface area (Å²) >= 11 is 0. The summed E-state index contributed by atoms with van der Waals surface area (Å²) in [5, 5.41) is 0. The van der Waals surface area contributed by atoms with Crippen molar-refractivity contribution in [2.24, 2.45) is 0 Å².